The minimum absolute atomic E-state index is 0.00467. The van der Waals surface area contributed by atoms with Gasteiger partial charge in [0.1, 0.15) is 5.78 Å². The summed E-state index contributed by atoms with van der Waals surface area (Å²) in [5, 5.41) is 0. The van der Waals surface area contributed by atoms with Crippen molar-refractivity contribution < 1.29 is 19.1 Å². The van der Waals surface area contributed by atoms with E-state index in [0.29, 0.717) is 12.8 Å². The minimum Gasteiger partial charge on any atom is -0.458 e. The maximum atomic E-state index is 11.7. The first-order valence-electron chi connectivity index (χ1n) is 5.50. The Morgan fingerprint density at radius 1 is 1.44 bits per heavy atom. The van der Waals surface area contributed by atoms with E-state index in [9.17, 15) is 14.4 Å². The molecule has 1 rings (SSSR count). The molecule has 0 bridgehead atoms. The van der Waals surface area contributed by atoms with Crippen LogP contribution in [0, 0.1) is 11.3 Å². The quantitative estimate of drug-likeness (QED) is 0.540. The van der Waals surface area contributed by atoms with Crippen molar-refractivity contribution >= 4 is 17.5 Å². The third-order valence-electron chi connectivity index (χ3n) is 2.96. The van der Waals surface area contributed by atoms with E-state index >= 15 is 0 Å². The van der Waals surface area contributed by atoms with Gasteiger partial charge in [-0.3, -0.25) is 14.4 Å². The van der Waals surface area contributed by atoms with Crippen molar-refractivity contribution in [1.29, 1.82) is 0 Å². The van der Waals surface area contributed by atoms with E-state index in [1.807, 2.05) is 13.8 Å². The second-order valence-corrected chi connectivity index (χ2v) is 5.15. The number of ketones is 2. The third kappa shape index (κ3) is 3.43. The number of ether oxygens (including phenoxy) is 1. The number of hydrogen-bond acceptors (Lipinski definition) is 4. The van der Waals surface area contributed by atoms with Crippen LogP contribution in [0.15, 0.2) is 0 Å². The summed E-state index contributed by atoms with van der Waals surface area (Å²) in [4.78, 5) is 33.9. The van der Waals surface area contributed by atoms with Crippen molar-refractivity contribution in [3.05, 3.63) is 0 Å². The van der Waals surface area contributed by atoms with Crippen molar-refractivity contribution in [2.75, 3.05) is 6.61 Å². The molecule has 0 saturated heterocycles. The van der Waals surface area contributed by atoms with E-state index in [1.54, 1.807) is 0 Å². The Balaban J connectivity index is 2.52. The van der Waals surface area contributed by atoms with Gasteiger partial charge in [0.05, 0.1) is 5.92 Å². The molecule has 0 aromatic rings. The summed E-state index contributed by atoms with van der Waals surface area (Å²) in [6.07, 6.45) is 1.87. The van der Waals surface area contributed by atoms with Crippen molar-refractivity contribution in [3.63, 3.8) is 0 Å². The molecule has 0 radical (unpaired) electrons. The molecule has 1 aliphatic carbocycles. The number of hydrogen-bond donors (Lipinski definition) is 0. The smallest absolute Gasteiger partial charge is 0.303 e. The maximum absolute atomic E-state index is 11.7. The highest BCUT2D eigenvalue weighted by Crippen LogP contribution is 2.36. The summed E-state index contributed by atoms with van der Waals surface area (Å²) >= 11 is 0. The van der Waals surface area contributed by atoms with E-state index in [2.05, 4.69) is 4.74 Å². The highest BCUT2D eigenvalue weighted by molar-refractivity contribution is 6.03. The first-order chi connectivity index (χ1) is 7.32. The van der Waals surface area contributed by atoms with Gasteiger partial charge in [-0.2, -0.15) is 0 Å². The Morgan fingerprint density at radius 3 is 2.56 bits per heavy atom. The fourth-order valence-electron chi connectivity index (χ4n) is 1.99. The molecule has 0 amide bonds. The molecule has 16 heavy (non-hydrogen) atoms. The Bertz CT molecular complexity index is 317. The van der Waals surface area contributed by atoms with E-state index in [0.717, 1.165) is 6.42 Å². The SMILES string of the molecule is CC(=O)OCC(=O)C1CCC(C)(C)CC1=O. The first-order valence-corrected chi connectivity index (χ1v) is 5.50. The number of carbonyl (C=O) groups is 3. The van der Waals surface area contributed by atoms with Crippen molar-refractivity contribution in [3.8, 4) is 0 Å². The summed E-state index contributed by atoms with van der Waals surface area (Å²) in [6, 6.07) is 0. The Kier molecular flexibility index (Phi) is 3.83. The van der Waals surface area contributed by atoms with Gasteiger partial charge in [0.25, 0.3) is 0 Å². The maximum Gasteiger partial charge on any atom is 0.303 e. The summed E-state index contributed by atoms with van der Waals surface area (Å²) in [5.41, 5.74) is -0.00467. The molecular weight excluding hydrogens is 208 g/mol. The summed E-state index contributed by atoms with van der Waals surface area (Å²) in [6.45, 7) is 5.03. The predicted octanol–water partition coefficient (Wildman–Crippen LogP) is 1.51. The number of esters is 1. The second-order valence-electron chi connectivity index (χ2n) is 5.15. The molecule has 0 aliphatic heterocycles. The number of carbonyl (C=O) groups excluding carboxylic acids is 3. The Hall–Kier alpha value is -1.19. The Labute approximate surface area is 95.3 Å². The molecule has 1 fully saturated rings. The fourth-order valence-corrected chi connectivity index (χ4v) is 1.99. The molecule has 1 saturated carbocycles. The van der Waals surface area contributed by atoms with Crippen LogP contribution in [0.2, 0.25) is 0 Å². The van der Waals surface area contributed by atoms with Gasteiger partial charge in [-0.1, -0.05) is 13.8 Å². The summed E-state index contributed by atoms with van der Waals surface area (Å²) in [5.74, 6) is -1.34. The third-order valence-corrected chi connectivity index (χ3v) is 2.96. The average Bonchev–Trinajstić information content (AvgIpc) is 2.12. The predicted molar refractivity (Wildman–Crippen MR) is 57.8 cm³/mol. The molecule has 1 atom stereocenters. The van der Waals surface area contributed by atoms with Gasteiger partial charge in [0.15, 0.2) is 12.4 Å². The van der Waals surface area contributed by atoms with Crippen molar-refractivity contribution in [2.45, 2.75) is 40.0 Å². The van der Waals surface area contributed by atoms with E-state index < -0.39 is 11.9 Å². The monoisotopic (exact) mass is 226 g/mol. The lowest BCUT2D eigenvalue weighted by Crippen LogP contribution is -2.36. The highest BCUT2D eigenvalue weighted by atomic mass is 16.5. The van der Waals surface area contributed by atoms with Gasteiger partial charge in [-0.25, -0.2) is 0 Å². The first kappa shape index (κ1) is 12.9. The van der Waals surface area contributed by atoms with Crippen LogP contribution in [0.5, 0.6) is 0 Å². The molecular formula is C12H18O4. The molecule has 0 aromatic carbocycles. The zero-order chi connectivity index (χ0) is 12.3. The fraction of sp³-hybridized carbons (Fsp3) is 0.750. The second kappa shape index (κ2) is 4.76. The molecule has 0 heterocycles. The molecule has 0 N–H and O–H groups in total. The van der Waals surface area contributed by atoms with Crippen LogP contribution < -0.4 is 0 Å². The lowest BCUT2D eigenvalue weighted by Gasteiger charge is -2.32. The lowest BCUT2D eigenvalue weighted by molar-refractivity contribution is -0.149. The average molecular weight is 226 g/mol. The van der Waals surface area contributed by atoms with Gasteiger partial charge in [-0.05, 0) is 18.3 Å². The molecule has 1 aliphatic rings. The van der Waals surface area contributed by atoms with E-state index in [4.69, 9.17) is 0 Å². The van der Waals surface area contributed by atoms with Crippen LogP contribution in [0.1, 0.15) is 40.0 Å². The van der Waals surface area contributed by atoms with Crippen LogP contribution in [0.25, 0.3) is 0 Å². The van der Waals surface area contributed by atoms with Gasteiger partial charge >= 0.3 is 5.97 Å². The van der Waals surface area contributed by atoms with Gasteiger partial charge < -0.3 is 4.74 Å². The normalized spacial score (nSPS) is 23.9. The molecule has 90 valence electrons. The molecule has 0 aromatic heterocycles. The molecule has 4 nitrogen and oxygen atoms in total. The van der Waals surface area contributed by atoms with Gasteiger partial charge in [-0.15, -0.1) is 0 Å². The van der Waals surface area contributed by atoms with Crippen LogP contribution in [0.4, 0.5) is 0 Å². The molecule has 0 spiro atoms. The zero-order valence-corrected chi connectivity index (χ0v) is 10.0. The van der Waals surface area contributed by atoms with E-state index in [1.165, 1.54) is 6.92 Å². The van der Waals surface area contributed by atoms with Gasteiger partial charge in [0.2, 0.25) is 0 Å². The van der Waals surface area contributed by atoms with Crippen molar-refractivity contribution in [2.24, 2.45) is 11.3 Å². The summed E-state index contributed by atoms with van der Waals surface area (Å²) in [7, 11) is 0. The topological polar surface area (TPSA) is 60.4 Å². The standard InChI is InChI=1S/C12H18O4/c1-8(13)16-7-11(15)9-4-5-12(2,3)6-10(9)14/h9H,4-7H2,1-3H3. The minimum atomic E-state index is -0.563. The number of Topliss-reactive ketones (excluding diaryl/α,β-unsaturated/α-hetero) is 2. The molecule has 1 unspecified atom stereocenters. The number of rotatable bonds is 3. The van der Waals surface area contributed by atoms with Crippen molar-refractivity contribution in [1.82, 2.24) is 0 Å². The lowest BCUT2D eigenvalue weighted by atomic mass is 9.71. The zero-order valence-electron chi connectivity index (χ0n) is 10.0. The van der Waals surface area contributed by atoms with Crippen LogP contribution in [-0.2, 0) is 19.1 Å². The van der Waals surface area contributed by atoms with E-state index in [-0.39, 0.29) is 23.6 Å². The van der Waals surface area contributed by atoms with Crippen LogP contribution in [0.3, 0.4) is 0 Å². The Morgan fingerprint density at radius 2 is 2.06 bits per heavy atom. The molecule has 4 heteroatoms. The van der Waals surface area contributed by atoms with Gasteiger partial charge in [0, 0.05) is 13.3 Å². The van der Waals surface area contributed by atoms with Crippen LogP contribution >= 0.6 is 0 Å². The summed E-state index contributed by atoms with van der Waals surface area (Å²) < 4.78 is 4.62. The highest BCUT2D eigenvalue weighted by Gasteiger charge is 2.37. The van der Waals surface area contributed by atoms with Crippen LogP contribution in [-0.4, -0.2) is 24.1 Å². The largest absolute Gasteiger partial charge is 0.458 e.